The Morgan fingerprint density at radius 1 is 0.900 bits per heavy atom. The maximum atomic E-state index is 12.1. The first-order valence-electron chi connectivity index (χ1n) is 9.77. The first-order valence-corrected chi connectivity index (χ1v) is 9.77. The number of benzene rings is 2. The number of para-hydroxylation sites is 2. The Hall–Kier alpha value is -3.67. The van der Waals surface area contributed by atoms with Gasteiger partial charge in [0.25, 0.3) is 5.79 Å². The Morgan fingerprint density at radius 3 is 2.40 bits per heavy atom. The lowest BCUT2D eigenvalue weighted by Crippen LogP contribution is -2.42. The predicted octanol–water partition coefficient (Wildman–Crippen LogP) is 4.15. The van der Waals surface area contributed by atoms with E-state index in [0.717, 1.165) is 40.7 Å². The molecule has 0 amide bonds. The van der Waals surface area contributed by atoms with Gasteiger partial charge in [-0.25, -0.2) is 9.59 Å². The minimum atomic E-state index is -1.25. The molecule has 0 atom stereocenters. The first-order chi connectivity index (χ1) is 14.4. The number of nitrogens with one attached hydrogen (secondary N) is 1. The van der Waals surface area contributed by atoms with Crippen LogP contribution in [0.25, 0.3) is 10.9 Å². The second-order valence-electron chi connectivity index (χ2n) is 7.53. The molecule has 0 aliphatic carbocycles. The first kappa shape index (κ1) is 19.6. The van der Waals surface area contributed by atoms with Gasteiger partial charge in [-0.1, -0.05) is 42.5 Å². The molecule has 2 aromatic carbocycles. The summed E-state index contributed by atoms with van der Waals surface area (Å²) in [7, 11) is 0. The summed E-state index contributed by atoms with van der Waals surface area (Å²) in [6.45, 7) is 3.03. The maximum absolute atomic E-state index is 12.1. The molecule has 4 rings (SSSR count). The van der Waals surface area contributed by atoms with E-state index in [1.165, 1.54) is 20.0 Å². The molecule has 1 N–H and O–H groups in total. The smallest absolute Gasteiger partial charge is 0.350 e. The van der Waals surface area contributed by atoms with E-state index in [1.807, 2.05) is 54.6 Å². The van der Waals surface area contributed by atoms with Crippen molar-refractivity contribution in [3.8, 4) is 0 Å². The van der Waals surface area contributed by atoms with E-state index < -0.39 is 17.7 Å². The normalized spacial score (nSPS) is 15.5. The summed E-state index contributed by atoms with van der Waals surface area (Å²) in [5.74, 6) is -2.67. The van der Waals surface area contributed by atoms with Crippen molar-refractivity contribution in [2.45, 2.75) is 32.5 Å². The van der Waals surface area contributed by atoms with Crippen LogP contribution in [0.5, 0.6) is 0 Å². The second kappa shape index (κ2) is 7.99. The van der Waals surface area contributed by atoms with Gasteiger partial charge in [0, 0.05) is 36.8 Å². The molecule has 0 spiro atoms. The van der Waals surface area contributed by atoms with Gasteiger partial charge in [0.05, 0.1) is 5.52 Å². The number of hydrogen-bond donors (Lipinski definition) is 1. The molecule has 6 heteroatoms. The molecule has 152 valence electrons. The zero-order chi connectivity index (χ0) is 21.1. The highest BCUT2D eigenvalue weighted by Gasteiger charge is 2.38. The third kappa shape index (κ3) is 4.33. The molecule has 3 aromatic rings. The second-order valence-corrected chi connectivity index (χ2v) is 7.53. The number of pyridine rings is 1. The Labute approximate surface area is 174 Å². The van der Waals surface area contributed by atoms with Crippen LogP contribution in [0.2, 0.25) is 0 Å². The lowest BCUT2D eigenvalue weighted by molar-refractivity contribution is -0.222. The zero-order valence-corrected chi connectivity index (χ0v) is 16.8. The Kier molecular flexibility index (Phi) is 5.23. The van der Waals surface area contributed by atoms with Crippen LogP contribution in [0.3, 0.4) is 0 Å². The number of aryl methyl sites for hydroxylation is 2. The fraction of sp³-hybridized carbons (Fsp3) is 0.208. The number of ether oxygens (including phenoxy) is 2. The molecule has 0 bridgehead atoms. The van der Waals surface area contributed by atoms with Gasteiger partial charge in [0.2, 0.25) is 0 Å². The van der Waals surface area contributed by atoms with Crippen LogP contribution in [0, 0.1) is 0 Å². The van der Waals surface area contributed by atoms with Crippen molar-refractivity contribution in [2.24, 2.45) is 0 Å². The van der Waals surface area contributed by atoms with Crippen molar-refractivity contribution < 1.29 is 19.1 Å². The fourth-order valence-corrected chi connectivity index (χ4v) is 3.32. The summed E-state index contributed by atoms with van der Waals surface area (Å²) in [6.07, 6.45) is 2.85. The molecule has 0 radical (unpaired) electrons. The number of esters is 2. The van der Waals surface area contributed by atoms with Crippen LogP contribution in [0.1, 0.15) is 25.1 Å². The van der Waals surface area contributed by atoms with Gasteiger partial charge in [0.15, 0.2) is 5.57 Å². The fourth-order valence-electron chi connectivity index (χ4n) is 3.32. The van der Waals surface area contributed by atoms with Crippen molar-refractivity contribution in [3.05, 3.63) is 83.7 Å². The minimum absolute atomic E-state index is 0.166. The van der Waals surface area contributed by atoms with Crippen LogP contribution in [-0.4, -0.2) is 22.7 Å². The van der Waals surface area contributed by atoms with Crippen LogP contribution in [0.4, 0.5) is 5.69 Å². The number of rotatable bonds is 5. The van der Waals surface area contributed by atoms with Gasteiger partial charge in [-0.15, -0.1) is 0 Å². The molecular weight excluding hydrogens is 380 g/mol. The number of anilines is 1. The number of hydrogen-bond acceptors (Lipinski definition) is 6. The summed E-state index contributed by atoms with van der Waals surface area (Å²) in [5, 5.41) is 4.17. The number of nitrogens with zero attached hydrogens (tertiary/aromatic N) is 1. The van der Waals surface area contributed by atoms with E-state index in [1.54, 1.807) is 0 Å². The Bertz CT molecular complexity index is 1130. The van der Waals surface area contributed by atoms with Crippen molar-refractivity contribution in [3.63, 3.8) is 0 Å². The van der Waals surface area contributed by atoms with Crippen molar-refractivity contribution in [1.82, 2.24) is 4.98 Å². The van der Waals surface area contributed by atoms with E-state index in [0.29, 0.717) is 0 Å². The third-order valence-electron chi connectivity index (χ3n) is 4.81. The van der Waals surface area contributed by atoms with Gasteiger partial charge in [0.1, 0.15) is 0 Å². The van der Waals surface area contributed by atoms with Gasteiger partial charge in [-0.3, -0.25) is 4.98 Å². The third-order valence-corrected chi connectivity index (χ3v) is 4.81. The predicted molar refractivity (Wildman–Crippen MR) is 114 cm³/mol. The quantitative estimate of drug-likeness (QED) is 0.392. The summed E-state index contributed by atoms with van der Waals surface area (Å²) >= 11 is 0. The van der Waals surface area contributed by atoms with Gasteiger partial charge >= 0.3 is 11.9 Å². The van der Waals surface area contributed by atoms with Crippen LogP contribution in [0.15, 0.2) is 72.4 Å². The summed E-state index contributed by atoms with van der Waals surface area (Å²) in [6, 6.07) is 19.9. The largest absolute Gasteiger partial charge is 0.419 e. The highest BCUT2D eigenvalue weighted by atomic mass is 16.7. The van der Waals surface area contributed by atoms with E-state index in [4.69, 9.17) is 14.5 Å². The molecule has 2 heterocycles. The standard InChI is InChI=1S/C24H22N2O4/c1-24(2)29-22(27)19(23(28)30-24)15-25-20-9-5-3-7-16(20)11-13-18-14-12-17-8-4-6-10-21(17)26-18/h3-10,12,14-15,25H,11,13H2,1-2H3. The average Bonchev–Trinajstić information content (AvgIpc) is 2.71. The molecule has 1 aliphatic heterocycles. The monoisotopic (exact) mass is 402 g/mol. The van der Waals surface area contributed by atoms with Crippen molar-refractivity contribution >= 4 is 28.5 Å². The van der Waals surface area contributed by atoms with Gasteiger partial charge in [-0.05, 0) is 36.6 Å². The number of cyclic esters (lactones) is 2. The van der Waals surface area contributed by atoms with E-state index in [9.17, 15) is 9.59 Å². The molecule has 6 nitrogen and oxygen atoms in total. The maximum Gasteiger partial charge on any atom is 0.350 e. The molecule has 1 saturated heterocycles. The van der Waals surface area contributed by atoms with E-state index in [2.05, 4.69) is 11.4 Å². The van der Waals surface area contributed by atoms with Gasteiger partial charge in [-0.2, -0.15) is 0 Å². The molecule has 0 unspecified atom stereocenters. The zero-order valence-electron chi connectivity index (χ0n) is 16.8. The lowest BCUT2D eigenvalue weighted by atomic mass is 10.0. The molecule has 1 fully saturated rings. The number of aromatic nitrogens is 1. The Balaban J connectivity index is 1.48. The summed E-state index contributed by atoms with van der Waals surface area (Å²) < 4.78 is 10.2. The topological polar surface area (TPSA) is 77.5 Å². The van der Waals surface area contributed by atoms with Crippen molar-refractivity contribution in [2.75, 3.05) is 5.32 Å². The minimum Gasteiger partial charge on any atom is -0.419 e. The van der Waals surface area contributed by atoms with Crippen LogP contribution < -0.4 is 5.32 Å². The number of fused-ring (bicyclic) bond motifs is 1. The van der Waals surface area contributed by atoms with Crippen LogP contribution in [-0.2, 0) is 31.9 Å². The number of carbonyl (C=O) groups excluding carboxylic acids is 2. The highest BCUT2D eigenvalue weighted by molar-refractivity contribution is 6.15. The Morgan fingerprint density at radius 2 is 1.60 bits per heavy atom. The van der Waals surface area contributed by atoms with E-state index >= 15 is 0 Å². The average molecular weight is 402 g/mol. The summed E-state index contributed by atoms with van der Waals surface area (Å²) in [4.78, 5) is 28.9. The molecule has 0 saturated carbocycles. The SMILES string of the molecule is CC1(C)OC(=O)C(=CNc2ccccc2CCc2ccc3ccccc3n2)C(=O)O1. The summed E-state index contributed by atoms with van der Waals surface area (Å²) in [5.41, 5.74) is 3.66. The molecular formula is C24H22N2O4. The lowest BCUT2D eigenvalue weighted by Gasteiger charge is -2.29. The van der Waals surface area contributed by atoms with Gasteiger partial charge < -0.3 is 14.8 Å². The van der Waals surface area contributed by atoms with E-state index in [-0.39, 0.29) is 5.57 Å². The molecule has 30 heavy (non-hydrogen) atoms. The molecule has 1 aliphatic rings. The van der Waals surface area contributed by atoms with Crippen molar-refractivity contribution in [1.29, 1.82) is 0 Å². The molecule has 1 aromatic heterocycles. The highest BCUT2D eigenvalue weighted by Crippen LogP contribution is 2.24. The number of carbonyl (C=O) groups is 2. The van der Waals surface area contributed by atoms with Crippen LogP contribution >= 0.6 is 0 Å².